The highest BCUT2D eigenvalue weighted by Gasteiger charge is 2.05. The van der Waals surface area contributed by atoms with Crippen molar-refractivity contribution in [3.63, 3.8) is 0 Å². The van der Waals surface area contributed by atoms with E-state index in [1.807, 2.05) is 44.3 Å². The van der Waals surface area contributed by atoms with Crippen molar-refractivity contribution in [3.8, 4) is 11.1 Å². The number of rotatable bonds is 2. The summed E-state index contributed by atoms with van der Waals surface area (Å²) < 4.78 is 0. The van der Waals surface area contributed by atoms with Crippen molar-refractivity contribution in [1.82, 2.24) is 4.98 Å². The predicted octanol–water partition coefficient (Wildman–Crippen LogP) is 3.18. The monoisotopic (exact) mass is 211 g/mol. The molecule has 0 saturated heterocycles. The Bertz CT molecular complexity index is 532. The van der Waals surface area contributed by atoms with Crippen LogP contribution in [0.1, 0.15) is 21.5 Å². The van der Waals surface area contributed by atoms with E-state index in [0.717, 1.165) is 23.0 Å². The van der Waals surface area contributed by atoms with E-state index in [1.54, 1.807) is 6.20 Å². The van der Waals surface area contributed by atoms with E-state index in [2.05, 4.69) is 4.98 Å². The van der Waals surface area contributed by atoms with Crippen molar-refractivity contribution in [1.29, 1.82) is 0 Å². The van der Waals surface area contributed by atoms with Gasteiger partial charge in [-0.3, -0.25) is 9.78 Å². The van der Waals surface area contributed by atoms with Gasteiger partial charge in [-0.1, -0.05) is 12.1 Å². The zero-order valence-electron chi connectivity index (χ0n) is 9.40. The van der Waals surface area contributed by atoms with Gasteiger partial charge >= 0.3 is 0 Å². The first kappa shape index (κ1) is 10.6. The molecular weight excluding hydrogens is 198 g/mol. The highest BCUT2D eigenvalue weighted by atomic mass is 16.1. The maximum absolute atomic E-state index is 10.8. The molecule has 0 amide bonds. The lowest BCUT2D eigenvalue weighted by molar-refractivity contribution is 0.112. The molecule has 1 heterocycles. The fourth-order valence-corrected chi connectivity index (χ4v) is 1.75. The van der Waals surface area contributed by atoms with Crippen LogP contribution in [0.5, 0.6) is 0 Å². The van der Waals surface area contributed by atoms with Crippen molar-refractivity contribution >= 4 is 6.29 Å². The van der Waals surface area contributed by atoms with Gasteiger partial charge in [-0.2, -0.15) is 0 Å². The van der Waals surface area contributed by atoms with Crippen LogP contribution >= 0.6 is 0 Å². The molecule has 0 saturated carbocycles. The number of aldehydes is 1. The molecule has 0 aliphatic rings. The number of aryl methyl sites for hydroxylation is 2. The molecule has 0 unspecified atom stereocenters. The van der Waals surface area contributed by atoms with Crippen molar-refractivity contribution in [2.75, 3.05) is 0 Å². The third-order valence-electron chi connectivity index (χ3n) is 2.73. The van der Waals surface area contributed by atoms with E-state index in [-0.39, 0.29) is 0 Å². The molecule has 0 bridgehead atoms. The quantitative estimate of drug-likeness (QED) is 0.714. The first-order chi connectivity index (χ1) is 7.72. The van der Waals surface area contributed by atoms with Gasteiger partial charge in [0.2, 0.25) is 0 Å². The SMILES string of the molecule is Cc1ccncc1-c1cc(C=O)ccc1C. The van der Waals surface area contributed by atoms with Gasteiger partial charge in [-0.15, -0.1) is 0 Å². The first-order valence-electron chi connectivity index (χ1n) is 5.19. The van der Waals surface area contributed by atoms with Crippen LogP contribution in [0.3, 0.4) is 0 Å². The number of hydrogen-bond acceptors (Lipinski definition) is 2. The van der Waals surface area contributed by atoms with Gasteiger partial charge in [-0.25, -0.2) is 0 Å². The molecule has 1 aromatic carbocycles. The Kier molecular flexibility index (Phi) is 2.82. The zero-order valence-corrected chi connectivity index (χ0v) is 9.40. The highest BCUT2D eigenvalue weighted by molar-refractivity contribution is 5.80. The van der Waals surface area contributed by atoms with Gasteiger partial charge in [0.15, 0.2) is 0 Å². The molecule has 16 heavy (non-hydrogen) atoms. The first-order valence-corrected chi connectivity index (χ1v) is 5.19. The summed E-state index contributed by atoms with van der Waals surface area (Å²) in [7, 11) is 0. The summed E-state index contributed by atoms with van der Waals surface area (Å²) in [4.78, 5) is 14.9. The predicted molar refractivity (Wildman–Crippen MR) is 64.5 cm³/mol. The number of nitrogens with zero attached hydrogens (tertiary/aromatic N) is 1. The summed E-state index contributed by atoms with van der Waals surface area (Å²) >= 11 is 0. The lowest BCUT2D eigenvalue weighted by Crippen LogP contribution is -1.90. The number of carbonyl (C=O) groups is 1. The topological polar surface area (TPSA) is 30.0 Å². The molecule has 2 aromatic rings. The number of pyridine rings is 1. The number of aromatic nitrogens is 1. The minimum atomic E-state index is 0.698. The smallest absolute Gasteiger partial charge is 0.150 e. The average molecular weight is 211 g/mol. The third kappa shape index (κ3) is 1.87. The second-order valence-corrected chi connectivity index (χ2v) is 3.88. The fourth-order valence-electron chi connectivity index (χ4n) is 1.75. The average Bonchev–Trinajstić information content (AvgIpc) is 2.31. The van der Waals surface area contributed by atoms with Crippen LogP contribution in [0.4, 0.5) is 0 Å². The van der Waals surface area contributed by atoms with Crippen LogP contribution in [-0.2, 0) is 0 Å². The second-order valence-electron chi connectivity index (χ2n) is 3.88. The highest BCUT2D eigenvalue weighted by Crippen LogP contribution is 2.26. The lowest BCUT2D eigenvalue weighted by atomic mass is 9.97. The number of hydrogen-bond donors (Lipinski definition) is 0. The van der Waals surface area contributed by atoms with Crippen molar-refractivity contribution in [2.24, 2.45) is 0 Å². The zero-order chi connectivity index (χ0) is 11.5. The van der Waals surface area contributed by atoms with Crippen molar-refractivity contribution < 1.29 is 4.79 Å². The van der Waals surface area contributed by atoms with Crippen LogP contribution in [-0.4, -0.2) is 11.3 Å². The Balaban J connectivity index is 2.63. The summed E-state index contributed by atoms with van der Waals surface area (Å²) in [6.07, 6.45) is 4.48. The molecule has 80 valence electrons. The van der Waals surface area contributed by atoms with Crippen LogP contribution in [0, 0.1) is 13.8 Å². The van der Waals surface area contributed by atoms with E-state index in [4.69, 9.17) is 0 Å². The molecule has 0 atom stereocenters. The van der Waals surface area contributed by atoms with Crippen LogP contribution in [0.25, 0.3) is 11.1 Å². The molecule has 0 N–H and O–H groups in total. The number of benzene rings is 1. The molecule has 0 radical (unpaired) electrons. The molecule has 2 heteroatoms. The summed E-state index contributed by atoms with van der Waals surface area (Å²) in [5.41, 5.74) is 5.19. The minimum Gasteiger partial charge on any atom is -0.298 e. The van der Waals surface area contributed by atoms with Crippen molar-refractivity contribution in [3.05, 3.63) is 53.3 Å². The molecule has 0 aliphatic carbocycles. The molecule has 2 nitrogen and oxygen atoms in total. The normalized spacial score (nSPS) is 10.1. The number of carbonyl (C=O) groups excluding carboxylic acids is 1. The van der Waals surface area contributed by atoms with Gasteiger partial charge in [0.1, 0.15) is 6.29 Å². The Hall–Kier alpha value is -1.96. The van der Waals surface area contributed by atoms with E-state index in [1.165, 1.54) is 5.56 Å². The van der Waals surface area contributed by atoms with Crippen LogP contribution in [0.2, 0.25) is 0 Å². The van der Waals surface area contributed by atoms with Gasteiger partial charge in [0, 0.05) is 23.5 Å². The van der Waals surface area contributed by atoms with Crippen molar-refractivity contribution in [2.45, 2.75) is 13.8 Å². The summed E-state index contributed by atoms with van der Waals surface area (Å²) in [6.45, 7) is 4.08. The van der Waals surface area contributed by atoms with E-state index in [0.29, 0.717) is 5.56 Å². The van der Waals surface area contributed by atoms with Gasteiger partial charge in [0.25, 0.3) is 0 Å². The van der Waals surface area contributed by atoms with Gasteiger partial charge < -0.3 is 0 Å². The minimum absolute atomic E-state index is 0.698. The lowest BCUT2D eigenvalue weighted by Gasteiger charge is -2.09. The maximum atomic E-state index is 10.8. The van der Waals surface area contributed by atoms with E-state index < -0.39 is 0 Å². The summed E-state index contributed by atoms with van der Waals surface area (Å²) in [6, 6.07) is 7.68. The Labute approximate surface area is 95.0 Å². The molecule has 0 aliphatic heterocycles. The van der Waals surface area contributed by atoms with Gasteiger partial charge in [0.05, 0.1) is 0 Å². The standard InChI is InChI=1S/C14H13NO/c1-10-3-4-12(9-16)7-13(10)14-8-15-6-5-11(14)2/h3-9H,1-2H3. The Morgan fingerprint density at radius 3 is 2.50 bits per heavy atom. The molecule has 0 fully saturated rings. The Morgan fingerprint density at radius 1 is 1.06 bits per heavy atom. The van der Waals surface area contributed by atoms with E-state index >= 15 is 0 Å². The molecule has 2 rings (SSSR count). The fraction of sp³-hybridized carbons (Fsp3) is 0.143. The second kappa shape index (κ2) is 4.27. The van der Waals surface area contributed by atoms with Crippen LogP contribution < -0.4 is 0 Å². The maximum Gasteiger partial charge on any atom is 0.150 e. The molecule has 1 aromatic heterocycles. The molecule has 0 spiro atoms. The summed E-state index contributed by atoms with van der Waals surface area (Å²) in [5.74, 6) is 0. The largest absolute Gasteiger partial charge is 0.298 e. The van der Waals surface area contributed by atoms with E-state index in [9.17, 15) is 4.79 Å². The van der Waals surface area contributed by atoms with Crippen LogP contribution in [0.15, 0.2) is 36.7 Å². The summed E-state index contributed by atoms with van der Waals surface area (Å²) in [5, 5.41) is 0. The third-order valence-corrected chi connectivity index (χ3v) is 2.73. The molecular formula is C14H13NO. The Morgan fingerprint density at radius 2 is 1.81 bits per heavy atom. The van der Waals surface area contributed by atoms with Gasteiger partial charge in [-0.05, 0) is 42.7 Å².